The van der Waals surface area contributed by atoms with Gasteiger partial charge in [0.05, 0.1) is 17.7 Å². The molecule has 0 radical (unpaired) electrons. The van der Waals surface area contributed by atoms with Crippen molar-refractivity contribution >= 4 is 51.1 Å². The minimum atomic E-state index is -3.19. The van der Waals surface area contributed by atoms with Crippen LogP contribution >= 0.6 is 35.3 Å². The standard InChI is InChI=1S/C19H19N3O3S4/c1-29(24,25)20-12-11-14-7-9-15(10-8-14)17(23)13-27-18-21-22(19(26)28-18)16-5-3-2-4-6-16/h2-10,20H,11-13H2,1H3. The molecule has 1 heterocycles. The summed E-state index contributed by atoms with van der Waals surface area (Å²) in [5, 5.41) is 4.50. The molecule has 0 saturated carbocycles. The second-order valence-electron chi connectivity index (χ2n) is 6.21. The van der Waals surface area contributed by atoms with Gasteiger partial charge in [-0.3, -0.25) is 4.79 Å². The van der Waals surface area contributed by atoms with Crippen LogP contribution in [-0.4, -0.2) is 42.5 Å². The van der Waals surface area contributed by atoms with Crippen LogP contribution in [0.15, 0.2) is 58.9 Å². The van der Waals surface area contributed by atoms with Crippen LogP contribution in [0.3, 0.4) is 0 Å². The molecule has 6 nitrogen and oxygen atoms in total. The summed E-state index contributed by atoms with van der Waals surface area (Å²) in [6.07, 6.45) is 1.70. The Labute approximate surface area is 183 Å². The zero-order valence-electron chi connectivity index (χ0n) is 15.6. The number of para-hydroxylation sites is 1. The van der Waals surface area contributed by atoms with E-state index in [4.69, 9.17) is 12.2 Å². The quantitative estimate of drug-likeness (QED) is 0.295. The highest BCUT2D eigenvalue weighted by Crippen LogP contribution is 2.25. The topological polar surface area (TPSA) is 81.1 Å². The SMILES string of the molecule is CS(=O)(=O)NCCc1ccc(C(=O)CSc2nn(-c3ccccc3)c(=S)s2)cc1. The molecule has 29 heavy (non-hydrogen) atoms. The minimum Gasteiger partial charge on any atom is -0.293 e. The largest absolute Gasteiger partial charge is 0.293 e. The average molecular weight is 466 g/mol. The highest BCUT2D eigenvalue weighted by Gasteiger charge is 2.11. The zero-order valence-corrected chi connectivity index (χ0v) is 18.8. The van der Waals surface area contributed by atoms with E-state index < -0.39 is 10.0 Å². The fourth-order valence-electron chi connectivity index (χ4n) is 2.50. The number of hydrogen-bond donors (Lipinski definition) is 1. The highest BCUT2D eigenvalue weighted by molar-refractivity contribution is 8.01. The van der Waals surface area contributed by atoms with Crippen molar-refractivity contribution in [3.05, 3.63) is 69.7 Å². The molecule has 0 unspecified atom stereocenters. The van der Waals surface area contributed by atoms with E-state index in [9.17, 15) is 13.2 Å². The van der Waals surface area contributed by atoms with Gasteiger partial charge in [0.2, 0.25) is 10.0 Å². The van der Waals surface area contributed by atoms with Crippen LogP contribution < -0.4 is 4.72 Å². The van der Waals surface area contributed by atoms with Crippen molar-refractivity contribution in [3.8, 4) is 5.69 Å². The van der Waals surface area contributed by atoms with E-state index in [1.54, 1.807) is 16.8 Å². The van der Waals surface area contributed by atoms with Crippen molar-refractivity contribution in [2.24, 2.45) is 0 Å². The molecule has 2 aromatic carbocycles. The van der Waals surface area contributed by atoms with Gasteiger partial charge in [-0.2, -0.15) is 0 Å². The maximum Gasteiger partial charge on any atom is 0.208 e. The summed E-state index contributed by atoms with van der Waals surface area (Å²) in [7, 11) is -3.19. The van der Waals surface area contributed by atoms with E-state index in [0.717, 1.165) is 21.8 Å². The smallest absolute Gasteiger partial charge is 0.208 e. The lowest BCUT2D eigenvalue weighted by Gasteiger charge is -2.04. The first kappa shape index (κ1) is 21.8. The van der Waals surface area contributed by atoms with Gasteiger partial charge in [0, 0.05) is 12.1 Å². The molecule has 0 aliphatic heterocycles. The first-order chi connectivity index (χ1) is 13.8. The number of sulfonamides is 1. The molecule has 0 amide bonds. The second kappa shape index (κ2) is 9.77. The van der Waals surface area contributed by atoms with Gasteiger partial charge in [-0.25, -0.2) is 17.8 Å². The number of rotatable bonds is 9. The van der Waals surface area contributed by atoms with Gasteiger partial charge < -0.3 is 0 Å². The molecule has 1 aromatic heterocycles. The Morgan fingerprint density at radius 2 is 1.86 bits per heavy atom. The highest BCUT2D eigenvalue weighted by atomic mass is 32.2. The van der Waals surface area contributed by atoms with Crippen LogP contribution in [0.1, 0.15) is 15.9 Å². The van der Waals surface area contributed by atoms with Gasteiger partial charge in [-0.1, -0.05) is 65.6 Å². The molecule has 0 atom stereocenters. The Morgan fingerprint density at radius 1 is 1.17 bits per heavy atom. The third-order valence-corrected chi connectivity index (χ3v) is 7.00. The molecule has 0 spiro atoms. The first-order valence-electron chi connectivity index (χ1n) is 8.67. The van der Waals surface area contributed by atoms with Crippen molar-refractivity contribution in [2.45, 2.75) is 10.8 Å². The molecule has 0 saturated heterocycles. The lowest BCUT2D eigenvalue weighted by atomic mass is 10.1. The summed E-state index contributed by atoms with van der Waals surface area (Å²) in [4.78, 5) is 12.5. The van der Waals surface area contributed by atoms with E-state index in [0.29, 0.717) is 22.5 Å². The van der Waals surface area contributed by atoms with Crippen molar-refractivity contribution in [3.63, 3.8) is 0 Å². The third kappa shape index (κ3) is 6.58. The lowest BCUT2D eigenvalue weighted by molar-refractivity contribution is 0.102. The number of ketones is 1. The summed E-state index contributed by atoms with van der Waals surface area (Å²) >= 11 is 8.13. The minimum absolute atomic E-state index is 0.00295. The summed E-state index contributed by atoms with van der Waals surface area (Å²) in [6, 6.07) is 16.9. The van der Waals surface area contributed by atoms with Gasteiger partial charge in [0.15, 0.2) is 14.1 Å². The normalized spacial score (nSPS) is 11.5. The first-order valence-corrected chi connectivity index (χ1v) is 12.8. The Balaban J connectivity index is 1.56. The fraction of sp³-hybridized carbons (Fsp3) is 0.211. The summed E-state index contributed by atoms with van der Waals surface area (Å²) in [6.45, 7) is 0.330. The van der Waals surface area contributed by atoms with Crippen LogP contribution in [-0.2, 0) is 16.4 Å². The number of aromatic nitrogens is 2. The predicted molar refractivity (Wildman–Crippen MR) is 120 cm³/mol. The number of carbonyl (C=O) groups is 1. The molecular weight excluding hydrogens is 446 g/mol. The number of hydrogen-bond acceptors (Lipinski definition) is 7. The summed E-state index contributed by atoms with van der Waals surface area (Å²) < 4.78 is 27.7. The summed E-state index contributed by atoms with van der Waals surface area (Å²) in [5.41, 5.74) is 2.47. The van der Waals surface area contributed by atoms with Gasteiger partial charge in [0.1, 0.15) is 0 Å². The molecule has 1 N–H and O–H groups in total. The van der Waals surface area contributed by atoms with Gasteiger partial charge >= 0.3 is 0 Å². The number of thioether (sulfide) groups is 1. The van der Waals surface area contributed by atoms with Crippen LogP contribution in [0.5, 0.6) is 0 Å². The Kier molecular flexibility index (Phi) is 7.36. The number of nitrogens with zero attached hydrogens (tertiary/aromatic N) is 2. The van der Waals surface area contributed by atoms with Crippen molar-refractivity contribution in [1.29, 1.82) is 0 Å². The number of benzene rings is 2. The van der Waals surface area contributed by atoms with Crippen molar-refractivity contribution in [1.82, 2.24) is 14.5 Å². The maximum absolute atomic E-state index is 12.5. The van der Waals surface area contributed by atoms with Crippen LogP contribution in [0.4, 0.5) is 0 Å². The Hall–Kier alpha value is -1.85. The van der Waals surface area contributed by atoms with Crippen LogP contribution in [0, 0.1) is 3.95 Å². The van der Waals surface area contributed by atoms with Crippen molar-refractivity contribution in [2.75, 3.05) is 18.6 Å². The van der Waals surface area contributed by atoms with E-state index >= 15 is 0 Å². The number of carbonyl (C=O) groups excluding carboxylic acids is 1. The van der Waals surface area contributed by atoms with Crippen molar-refractivity contribution < 1.29 is 13.2 Å². The molecule has 10 heteroatoms. The summed E-state index contributed by atoms with van der Waals surface area (Å²) in [5.74, 6) is 0.273. The molecule has 0 aliphatic rings. The Morgan fingerprint density at radius 3 is 2.52 bits per heavy atom. The van der Waals surface area contributed by atoms with Gasteiger partial charge in [-0.05, 0) is 36.3 Å². The average Bonchev–Trinajstić information content (AvgIpc) is 3.07. The van der Waals surface area contributed by atoms with Crippen LogP contribution in [0.2, 0.25) is 0 Å². The predicted octanol–water partition coefficient (Wildman–Crippen LogP) is 3.73. The molecule has 0 fully saturated rings. The zero-order chi connectivity index (χ0) is 20.9. The number of nitrogens with one attached hydrogen (secondary N) is 1. The maximum atomic E-state index is 12.5. The molecule has 0 aliphatic carbocycles. The number of Topliss-reactive ketones (excluding diaryl/α,β-unsaturated/α-hetero) is 1. The Bertz CT molecular complexity index is 1140. The van der Waals surface area contributed by atoms with Gasteiger partial charge in [0.25, 0.3) is 0 Å². The lowest BCUT2D eigenvalue weighted by Crippen LogP contribution is -2.24. The molecule has 3 rings (SSSR count). The monoisotopic (exact) mass is 465 g/mol. The van der Waals surface area contributed by atoms with E-state index in [1.807, 2.05) is 42.5 Å². The third-order valence-electron chi connectivity index (χ3n) is 3.91. The van der Waals surface area contributed by atoms with Crippen LogP contribution in [0.25, 0.3) is 5.69 Å². The molecule has 3 aromatic rings. The van der Waals surface area contributed by atoms with Gasteiger partial charge in [-0.15, -0.1) is 5.10 Å². The van der Waals surface area contributed by atoms with E-state index in [2.05, 4.69) is 9.82 Å². The molecular formula is C19H19N3O3S4. The fourth-order valence-corrected chi connectivity index (χ4v) is 5.23. The molecule has 152 valence electrons. The second-order valence-corrected chi connectivity index (χ2v) is 10.9. The van der Waals surface area contributed by atoms with E-state index in [-0.39, 0.29) is 11.5 Å². The molecule has 0 bridgehead atoms. The van der Waals surface area contributed by atoms with E-state index in [1.165, 1.54) is 23.1 Å².